The van der Waals surface area contributed by atoms with Crippen molar-refractivity contribution in [3.05, 3.63) is 29.3 Å². The molecule has 0 radical (unpaired) electrons. The summed E-state index contributed by atoms with van der Waals surface area (Å²) in [6.07, 6.45) is 0. The average molecular weight is 300 g/mol. The molecule has 114 valence electrons. The van der Waals surface area contributed by atoms with Crippen LogP contribution in [-0.2, 0) is 10.0 Å². The molecule has 1 atom stereocenters. The Labute approximate surface area is 121 Å². The summed E-state index contributed by atoms with van der Waals surface area (Å²) in [5, 5.41) is 3.21. The highest BCUT2D eigenvalue weighted by Crippen LogP contribution is 2.25. The third-order valence-corrected chi connectivity index (χ3v) is 4.51. The van der Waals surface area contributed by atoms with Crippen molar-refractivity contribution >= 4 is 10.0 Å². The van der Waals surface area contributed by atoms with E-state index in [1.54, 1.807) is 14.0 Å². The highest BCUT2D eigenvalue weighted by molar-refractivity contribution is 7.89. The molecule has 0 aromatic heterocycles. The Morgan fingerprint density at radius 2 is 2.05 bits per heavy atom. The topological polar surface area (TPSA) is 67.4 Å². The first-order valence-electron chi connectivity index (χ1n) is 6.75. The zero-order valence-corrected chi connectivity index (χ0v) is 13.4. The first kappa shape index (κ1) is 16.9. The molecule has 5 nitrogen and oxygen atoms in total. The number of sulfonamides is 1. The van der Waals surface area contributed by atoms with Gasteiger partial charge in [0.15, 0.2) is 0 Å². The van der Waals surface area contributed by atoms with E-state index in [2.05, 4.69) is 10.0 Å². The molecule has 0 heterocycles. The fourth-order valence-electron chi connectivity index (χ4n) is 1.99. The van der Waals surface area contributed by atoms with Crippen molar-refractivity contribution in [1.82, 2.24) is 10.0 Å². The maximum atomic E-state index is 11.5. The van der Waals surface area contributed by atoms with Gasteiger partial charge in [0.2, 0.25) is 10.0 Å². The van der Waals surface area contributed by atoms with Crippen LogP contribution in [-0.4, -0.2) is 34.4 Å². The lowest BCUT2D eigenvalue weighted by Gasteiger charge is -2.18. The normalized spacial score (nSPS) is 13.2. The Kier molecular flexibility index (Phi) is 6.45. The lowest BCUT2D eigenvalue weighted by molar-refractivity contribution is 0.402. The van der Waals surface area contributed by atoms with Crippen LogP contribution in [0.1, 0.15) is 31.0 Å². The molecule has 0 aliphatic rings. The summed E-state index contributed by atoms with van der Waals surface area (Å²) in [4.78, 5) is 0. The number of nitrogens with one attached hydrogen (secondary N) is 2. The summed E-state index contributed by atoms with van der Waals surface area (Å²) >= 11 is 0. The quantitative estimate of drug-likeness (QED) is 0.765. The van der Waals surface area contributed by atoms with Gasteiger partial charge in [0.25, 0.3) is 0 Å². The van der Waals surface area contributed by atoms with Crippen molar-refractivity contribution in [2.75, 3.05) is 26.0 Å². The van der Waals surface area contributed by atoms with E-state index in [0.717, 1.165) is 16.9 Å². The molecule has 0 saturated heterocycles. The van der Waals surface area contributed by atoms with Gasteiger partial charge in [-0.15, -0.1) is 0 Å². The molecular weight excluding hydrogens is 276 g/mol. The lowest BCUT2D eigenvalue weighted by Crippen LogP contribution is -2.32. The van der Waals surface area contributed by atoms with E-state index in [9.17, 15) is 8.42 Å². The van der Waals surface area contributed by atoms with Crippen LogP contribution in [0, 0.1) is 6.92 Å². The summed E-state index contributed by atoms with van der Waals surface area (Å²) in [5.41, 5.74) is 2.16. The van der Waals surface area contributed by atoms with Crippen LogP contribution in [0.25, 0.3) is 0 Å². The zero-order valence-electron chi connectivity index (χ0n) is 12.6. The van der Waals surface area contributed by atoms with Crippen LogP contribution in [0.5, 0.6) is 5.75 Å². The minimum absolute atomic E-state index is 0.0300. The van der Waals surface area contributed by atoms with Crippen molar-refractivity contribution in [1.29, 1.82) is 0 Å². The smallest absolute Gasteiger partial charge is 0.212 e. The van der Waals surface area contributed by atoms with Crippen molar-refractivity contribution in [2.45, 2.75) is 26.8 Å². The van der Waals surface area contributed by atoms with Crippen LogP contribution in [0.15, 0.2) is 18.2 Å². The Morgan fingerprint density at radius 1 is 1.35 bits per heavy atom. The molecule has 2 N–H and O–H groups in total. The van der Waals surface area contributed by atoms with Crippen molar-refractivity contribution in [3.63, 3.8) is 0 Å². The predicted molar refractivity (Wildman–Crippen MR) is 81.6 cm³/mol. The van der Waals surface area contributed by atoms with E-state index in [1.165, 1.54) is 0 Å². The molecule has 1 rings (SSSR count). The Bertz CT molecular complexity index is 529. The maximum Gasteiger partial charge on any atom is 0.212 e. The number of benzene rings is 1. The maximum absolute atomic E-state index is 11.5. The molecule has 1 aromatic carbocycles. The summed E-state index contributed by atoms with van der Waals surface area (Å²) in [6.45, 7) is 6.59. The van der Waals surface area contributed by atoms with Gasteiger partial charge in [0, 0.05) is 24.7 Å². The molecule has 0 saturated carbocycles. The molecule has 0 bridgehead atoms. The van der Waals surface area contributed by atoms with Crippen LogP contribution < -0.4 is 14.8 Å². The number of rotatable bonds is 8. The van der Waals surface area contributed by atoms with Gasteiger partial charge in [-0.25, -0.2) is 13.1 Å². The van der Waals surface area contributed by atoms with Gasteiger partial charge >= 0.3 is 0 Å². The summed E-state index contributed by atoms with van der Waals surface area (Å²) < 4.78 is 30.9. The van der Waals surface area contributed by atoms with Gasteiger partial charge in [0.05, 0.1) is 12.9 Å². The summed E-state index contributed by atoms with van der Waals surface area (Å²) in [5.74, 6) is 0.888. The third-order valence-electron chi connectivity index (χ3n) is 3.04. The second kappa shape index (κ2) is 7.61. The lowest BCUT2D eigenvalue weighted by atomic mass is 10.1. The van der Waals surface area contributed by atoms with Crippen LogP contribution in [0.2, 0.25) is 0 Å². The van der Waals surface area contributed by atoms with E-state index in [-0.39, 0.29) is 11.8 Å². The fourth-order valence-corrected chi connectivity index (χ4v) is 2.96. The first-order valence-corrected chi connectivity index (χ1v) is 8.40. The Hall–Kier alpha value is -1.11. The largest absolute Gasteiger partial charge is 0.496 e. The van der Waals surface area contributed by atoms with Gasteiger partial charge in [-0.1, -0.05) is 19.1 Å². The Balaban J connectivity index is 2.61. The van der Waals surface area contributed by atoms with Crippen LogP contribution >= 0.6 is 0 Å². The highest BCUT2D eigenvalue weighted by atomic mass is 32.2. The first-order chi connectivity index (χ1) is 9.39. The number of hydrogen-bond donors (Lipinski definition) is 2. The van der Waals surface area contributed by atoms with E-state index < -0.39 is 10.0 Å². The van der Waals surface area contributed by atoms with Gasteiger partial charge in [0.1, 0.15) is 5.75 Å². The summed E-state index contributed by atoms with van der Waals surface area (Å²) in [6, 6.07) is 6.03. The second-order valence-corrected chi connectivity index (χ2v) is 6.66. The van der Waals surface area contributed by atoms with Gasteiger partial charge in [-0.2, -0.15) is 0 Å². The number of aryl methyl sites for hydroxylation is 1. The number of hydrogen-bond acceptors (Lipinski definition) is 4. The molecule has 0 fully saturated rings. The van der Waals surface area contributed by atoms with E-state index in [0.29, 0.717) is 13.1 Å². The minimum Gasteiger partial charge on any atom is -0.496 e. The summed E-state index contributed by atoms with van der Waals surface area (Å²) in [7, 11) is -1.54. The van der Waals surface area contributed by atoms with Gasteiger partial charge in [-0.05, 0) is 25.5 Å². The van der Waals surface area contributed by atoms with Crippen LogP contribution in [0.4, 0.5) is 0 Å². The van der Waals surface area contributed by atoms with E-state index >= 15 is 0 Å². The van der Waals surface area contributed by atoms with Crippen LogP contribution in [0.3, 0.4) is 0 Å². The molecule has 20 heavy (non-hydrogen) atoms. The highest BCUT2D eigenvalue weighted by Gasteiger charge is 2.13. The van der Waals surface area contributed by atoms with Crippen molar-refractivity contribution in [2.24, 2.45) is 0 Å². The van der Waals surface area contributed by atoms with E-state index in [1.807, 2.05) is 32.0 Å². The minimum atomic E-state index is -3.18. The molecule has 0 aliphatic carbocycles. The molecule has 0 aliphatic heterocycles. The zero-order chi connectivity index (χ0) is 15.2. The number of ether oxygens (including phenoxy) is 1. The Morgan fingerprint density at radius 3 is 2.65 bits per heavy atom. The standard InChI is InChI=1S/C14H24N2O3S/c1-5-16-20(17,18)9-8-15-12(3)13-7-6-11(2)10-14(13)19-4/h6-7,10,12,15-16H,5,8-9H2,1-4H3. The third kappa shape index (κ3) is 5.11. The van der Waals surface area contributed by atoms with Crippen molar-refractivity contribution in [3.8, 4) is 5.75 Å². The second-order valence-electron chi connectivity index (χ2n) is 4.74. The number of methoxy groups -OCH3 is 1. The monoisotopic (exact) mass is 300 g/mol. The molecule has 0 spiro atoms. The predicted octanol–water partition coefficient (Wildman–Crippen LogP) is 1.59. The van der Waals surface area contributed by atoms with Gasteiger partial charge in [-0.3, -0.25) is 0 Å². The molecule has 1 aromatic rings. The van der Waals surface area contributed by atoms with Gasteiger partial charge < -0.3 is 10.1 Å². The van der Waals surface area contributed by atoms with Crippen molar-refractivity contribution < 1.29 is 13.2 Å². The average Bonchev–Trinajstić information content (AvgIpc) is 2.37. The van der Waals surface area contributed by atoms with E-state index in [4.69, 9.17) is 4.74 Å². The molecule has 0 amide bonds. The molecule has 6 heteroatoms. The fraction of sp³-hybridized carbons (Fsp3) is 0.571. The SMILES string of the molecule is CCNS(=O)(=O)CCNC(C)c1ccc(C)cc1OC. The molecule has 1 unspecified atom stereocenters. The molecular formula is C14H24N2O3S.